The summed E-state index contributed by atoms with van der Waals surface area (Å²) in [5.41, 5.74) is 1.38. The molecule has 0 spiro atoms. The summed E-state index contributed by atoms with van der Waals surface area (Å²) in [4.78, 5) is 25.1. The van der Waals surface area contributed by atoms with E-state index in [1.165, 1.54) is 18.9 Å². The van der Waals surface area contributed by atoms with E-state index in [2.05, 4.69) is 20.8 Å². The Morgan fingerprint density at radius 1 is 1.09 bits per heavy atom. The van der Waals surface area contributed by atoms with Crippen LogP contribution in [0.2, 0.25) is 5.02 Å². The predicted octanol–water partition coefficient (Wildman–Crippen LogP) is 4.12. The number of thioether (sulfide) groups is 1. The quantitative estimate of drug-likeness (QED) is 0.368. The Kier molecular flexibility index (Phi) is 9.39. The Labute approximate surface area is 213 Å². The number of nitrogens with zero attached hydrogens (tertiary/aromatic N) is 3. The lowest BCUT2D eigenvalue weighted by Crippen LogP contribution is -2.30. The largest absolute Gasteiger partial charge is 0.497 e. The molecule has 0 saturated heterocycles. The van der Waals surface area contributed by atoms with Crippen molar-refractivity contribution in [3.63, 3.8) is 0 Å². The van der Waals surface area contributed by atoms with Gasteiger partial charge in [-0.05, 0) is 49.7 Å². The van der Waals surface area contributed by atoms with Gasteiger partial charge in [0.15, 0.2) is 11.0 Å². The summed E-state index contributed by atoms with van der Waals surface area (Å²) >= 11 is 7.29. The molecule has 0 fully saturated rings. The van der Waals surface area contributed by atoms with Crippen molar-refractivity contribution in [2.45, 2.75) is 38.0 Å². The summed E-state index contributed by atoms with van der Waals surface area (Å²) in [6.07, 6.45) is 0.239. The smallest absolute Gasteiger partial charge is 0.234 e. The summed E-state index contributed by atoms with van der Waals surface area (Å²) in [5, 5.41) is 15.3. The summed E-state index contributed by atoms with van der Waals surface area (Å²) in [6.45, 7) is 4.40. The maximum Gasteiger partial charge on any atom is 0.234 e. The third kappa shape index (κ3) is 7.12. The maximum atomic E-state index is 12.5. The number of rotatable bonds is 11. The Balaban J connectivity index is 1.59. The SMILES string of the molecule is CCn1c(SCC(=O)Nc2cc(Cl)ccc2OC)nnc1[C@@H](C)NC(=O)Cc1ccc(OC)cc1. The lowest BCUT2D eigenvalue weighted by Gasteiger charge is -2.15. The minimum atomic E-state index is -0.355. The van der Waals surface area contributed by atoms with Crippen LogP contribution in [-0.2, 0) is 22.6 Å². The Bertz CT molecular complexity index is 1170. The highest BCUT2D eigenvalue weighted by Gasteiger charge is 2.20. The number of carbonyl (C=O) groups is 2. The van der Waals surface area contributed by atoms with Crippen LogP contribution in [0.1, 0.15) is 31.3 Å². The van der Waals surface area contributed by atoms with Crippen molar-refractivity contribution < 1.29 is 19.1 Å². The first-order valence-corrected chi connectivity index (χ1v) is 12.3. The fourth-order valence-corrected chi connectivity index (χ4v) is 4.39. The molecule has 0 aliphatic rings. The van der Waals surface area contributed by atoms with Gasteiger partial charge >= 0.3 is 0 Å². The molecule has 3 aromatic rings. The zero-order chi connectivity index (χ0) is 25.4. The van der Waals surface area contributed by atoms with Crippen molar-refractivity contribution in [1.29, 1.82) is 0 Å². The summed E-state index contributed by atoms with van der Waals surface area (Å²) in [7, 11) is 3.12. The standard InChI is InChI=1S/C24H28ClN5O4S/c1-5-30-23(15(2)26-21(31)12-16-6-9-18(33-3)10-7-16)28-29-24(30)35-14-22(32)27-19-13-17(25)8-11-20(19)34-4/h6-11,13,15H,5,12,14H2,1-4H3,(H,26,31)(H,27,32)/t15-/m1/s1. The number of hydrogen-bond acceptors (Lipinski definition) is 7. The highest BCUT2D eigenvalue weighted by atomic mass is 35.5. The van der Waals surface area contributed by atoms with Crippen LogP contribution < -0.4 is 20.1 Å². The van der Waals surface area contributed by atoms with Gasteiger partial charge in [-0.2, -0.15) is 0 Å². The Morgan fingerprint density at radius 2 is 1.83 bits per heavy atom. The van der Waals surface area contributed by atoms with Crippen molar-refractivity contribution >= 4 is 40.9 Å². The van der Waals surface area contributed by atoms with Crippen molar-refractivity contribution in [2.24, 2.45) is 0 Å². The van der Waals surface area contributed by atoms with Gasteiger partial charge < -0.3 is 24.7 Å². The number of ether oxygens (including phenoxy) is 2. The number of amides is 2. The second-order valence-corrected chi connectivity index (χ2v) is 8.96. The van der Waals surface area contributed by atoms with Gasteiger partial charge in [-0.3, -0.25) is 9.59 Å². The van der Waals surface area contributed by atoms with Gasteiger partial charge in [-0.1, -0.05) is 35.5 Å². The molecule has 2 N–H and O–H groups in total. The molecule has 0 unspecified atom stereocenters. The molecular weight excluding hydrogens is 490 g/mol. The van der Waals surface area contributed by atoms with Gasteiger partial charge in [0.1, 0.15) is 11.5 Å². The number of aromatic nitrogens is 3. The number of carbonyl (C=O) groups excluding carboxylic acids is 2. The second kappa shape index (κ2) is 12.5. The number of methoxy groups -OCH3 is 2. The lowest BCUT2D eigenvalue weighted by atomic mass is 10.1. The molecule has 2 aromatic carbocycles. The lowest BCUT2D eigenvalue weighted by molar-refractivity contribution is -0.121. The van der Waals surface area contributed by atoms with Crippen LogP contribution in [0.25, 0.3) is 0 Å². The van der Waals surface area contributed by atoms with E-state index in [-0.39, 0.29) is 30.0 Å². The molecule has 2 amide bonds. The van der Waals surface area contributed by atoms with Gasteiger partial charge in [0.2, 0.25) is 11.8 Å². The van der Waals surface area contributed by atoms with Crippen LogP contribution >= 0.6 is 23.4 Å². The van der Waals surface area contributed by atoms with E-state index < -0.39 is 0 Å². The Morgan fingerprint density at radius 3 is 2.49 bits per heavy atom. The van der Waals surface area contributed by atoms with Crippen LogP contribution in [0.15, 0.2) is 47.6 Å². The molecule has 0 radical (unpaired) electrons. The van der Waals surface area contributed by atoms with E-state index in [1.807, 2.05) is 42.7 Å². The van der Waals surface area contributed by atoms with E-state index in [0.717, 1.165) is 11.3 Å². The molecule has 186 valence electrons. The molecule has 3 rings (SSSR count). The molecule has 1 atom stereocenters. The van der Waals surface area contributed by atoms with E-state index in [4.69, 9.17) is 21.1 Å². The van der Waals surface area contributed by atoms with Crippen molar-refractivity contribution in [2.75, 3.05) is 25.3 Å². The van der Waals surface area contributed by atoms with Gasteiger partial charge in [0.25, 0.3) is 0 Å². The van der Waals surface area contributed by atoms with E-state index >= 15 is 0 Å². The van der Waals surface area contributed by atoms with Gasteiger partial charge in [-0.25, -0.2) is 0 Å². The fourth-order valence-electron chi connectivity index (χ4n) is 3.40. The average Bonchev–Trinajstić information content (AvgIpc) is 3.26. The summed E-state index contributed by atoms with van der Waals surface area (Å²) < 4.78 is 12.3. The fraction of sp³-hybridized carbons (Fsp3) is 0.333. The van der Waals surface area contributed by atoms with E-state index in [1.54, 1.807) is 25.3 Å². The minimum absolute atomic E-state index is 0.117. The Hall–Kier alpha value is -3.24. The van der Waals surface area contributed by atoms with Crippen molar-refractivity contribution in [3.8, 4) is 11.5 Å². The molecule has 9 nitrogen and oxygen atoms in total. The third-order valence-corrected chi connectivity index (χ3v) is 6.32. The molecule has 1 aromatic heterocycles. The molecule has 11 heteroatoms. The number of anilines is 1. The minimum Gasteiger partial charge on any atom is -0.497 e. The average molecular weight is 518 g/mol. The molecule has 0 aliphatic carbocycles. The summed E-state index contributed by atoms with van der Waals surface area (Å²) in [5.74, 6) is 1.64. The molecule has 0 saturated carbocycles. The number of nitrogens with one attached hydrogen (secondary N) is 2. The zero-order valence-corrected chi connectivity index (χ0v) is 21.6. The second-order valence-electron chi connectivity index (χ2n) is 7.58. The normalized spacial score (nSPS) is 11.6. The zero-order valence-electron chi connectivity index (χ0n) is 20.0. The number of hydrogen-bond donors (Lipinski definition) is 2. The first-order chi connectivity index (χ1) is 16.8. The third-order valence-electron chi connectivity index (χ3n) is 5.12. The molecule has 1 heterocycles. The first kappa shape index (κ1) is 26.4. The van der Waals surface area contributed by atoms with Gasteiger partial charge in [0, 0.05) is 11.6 Å². The predicted molar refractivity (Wildman–Crippen MR) is 136 cm³/mol. The van der Waals surface area contributed by atoms with Crippen LogP contribution in [0.3, 0.4) is 0 Å². The highest BCUT2D eigenvalue weighted by Crippen LogP contribution is 2.28. The van der Waals surface area contributed by atoms with Crippen molar-refractivity contribution in [1.82, 2.24) is 20.1 Å². The van der Waals surface area contributed by atoms with Crippen LogP contribution in [-0.4, -0.2) is 46.6 Å². The summed E-state index contributed by atoms with van der Waals surface area (Å²) in [6, 6.07) is 12.0. The topological polar surface area (TPSA) is 107 Å². The van der Waals surface area contributed by atoms with Crippen LogP contribution in [0.4, 0.5) is 5.69 Å². The first-order valence-electron chi connectivity index (χ1n) is 11.0. The van der Waals surface area contributed by atoms with E-state index in [9.17, 15) is 9.59 Å². The monoisotopic (exact) mass is 517 g/mol. The molecule has 35 heavy (non-hydrogen) atoms. The number of halogens is 1. The number of benzene rings is 2. The molecule has 0 bridgehead atoms. The molecule has 0 aliphatic heterocycles. The van der Waals surface area contributed by atoms with Gasteiger partial charge in [-0.15, -0.1) is 10.2 Å². The van der Waals surface area contributed by atoms with E-state index in [0.29, 0.717) is 34.0 Å². The van der Waals surface area contributed by atoms with Gasteiger partial charge in [0.05, 0.1) is 38.1 Å². The maximum absolute atomic E-state index is 12.5. The van der Waals surface area contributed by atoms with Crippen LogP contribution in [0.5, 0.6) is 11.5 Å². The highest BCUT2D eigenvalue weighted by molar-refractivity contribution is 7.99. The molecular formula is C24H28ClN5O4S. The van der Waals surface area contributed by atoms with Crippen LogP contribution in [0, 0.1) is 0 Å². The van der Waals surface area contributed by atoms with Crippen molar-refractivity contribution in [3.05, 3.63) is 58.9 Å².